The molecule has 3 aliphatic carbocycles. The van der Waals surface area contributed by atoms with E-state index in [1.165, 1.54) is 42.2 Å². The van der Waals surface area contributed by atoms with Crippen LogP contribution in [-0.2, 0) is 9.53 Å². The van der Waals surface area contributed by atoms with Gasteiger partial charge in [-0.1, -0.05) is 72.8 Å². The average Bonchev–Trinajstić information content (AvgIpc) is 3.34. The molecule has 0 amide bonds. The van der Waals surface area contributed by atoms with Crippen LogP contribution in [-0.4, -0.2) is 13.1 Å². The van der Waals surface area contributed by atoms with Gasteiger partial charge in [-0.15, -0.1) is 0 Å². The van der Waals surface area contributed by atoms with Crippen LogP contribution < -0.4 is 0 Å². The molecule has 1 fully saturated rings. The molecule has 1 spiro atoms. The summed E-state index contributed by atoms with van der Waals surface area (Å²) in [7, 11) is 1.53. The molecule has 3 aliphatic rings. The van der Waals surface area contributed by atoms with E-state index in [2.05, 4.69) is 66.8 Å². The zero-order chi connectivity index (χ0) is 19.8. The van der Waals surface area contributed by atoms with Crippen LogP contribution in [0.5, 0.6) is 0 Å². The molecule has 2 heteroatoms. The Balaban J connectivity index is 1.50. The minimum absolute atomic E-state index is 0.0585. The van der Waals surface area contributed by atoms with Crippen molar-refractivity contribution in [2.24, 2.45) is 11.3 Å². The molecule has 0 radical (unpaired) electrons. The van der Waals surface area contributed by atoms with Gasteiger partial charge in [-0.3, -0.25) is 4.79 Å². The van der Waals surface area contributed by atoms with E-state index in [9.17, 15) is 4.79 Å². The highest BCUT2D eigenvalue weighted by Gasteiger charge is 2.59. The van der Waals surface area contributed by atoms with Gasteiger partial charge in [-0.05, 0) is 54.4 Å². The van der Waals surface area contributed by atoms with Crippen LogP contribution in [0.25, 0.3) is 5.57 Å². The number of rotatable bonds is 4. The second-order valence-electron chi connectivity index (χ2n) is 8.76. The third-order valence-electron chi connectivity index (χ3n) is 7.24. The summed E-state index contributed by atoms with van der Waals surface area (Å²) in [6.07, 6.45) is 12.4. The predicted octanol–water partition coefficient (Wildman–Crippen LogP) is 6.26. The maximum atomic E-state index is 13.0. The van der Waals surface area contributed by atoms with Gasteiger partial charge in [0.25, 0.3) is 0 Å². The Hall–Kier alpha value is -2.61. The first-order valence-corrected chi connectivity index (χ1v) is 10.8. The summed E-state index contributed by atoms with van der Waals surface area (Å²) >= 11 is 0. The molecule has 0 heterocycles. The van der Waals surface area contributed by atoms with Gasteiger partial charge in [-0.2, -0.15) is 0 Å². The fourth-order valence-electron chi connectivity index (χ4n) is 5.62. The van der Waals surface area contributed by atoms with Gasteiger partial charge in [0.1, 0.15) is 0 Å². The van der Waals surface area contributed by atoms with E-state index in [1.807, 2.05) is 6.07 Å². The average molecular weight is 385 g/mol. The molecule has 0 saturated heterocycles. The third kappa shape index (κ3) is 3.15. The molecular weight excluding hydrogens is 356 g/mol. The van der Waals surface area contributed by atoms with Crippen molar-refractivity contribution in [3.63, 3.8) is 0 Å². The first-order valence-electron chi connectivity index (χ1n) is 10.8. The van der Waals surface area contributed by atoms with Crippen molar-refractivity contribution in [3.8, 4) is 0 Å². The number of carbonyl (C=O) groups excluding carboxylic acids is 1. The highest BCUT2D eigenvalue weighted by atomic mass is 16.5. The molecule has 1 saturated carbocycles. The van der Waals surface area contributed by atoms with Crippen molar-refractivity contribution in [1.29, 1.82) is 0 Å². The third-order valence-corrected chi connectivity index (χ3v) is 7.24. The monoisotopic (exact) mass is 384 g/mol. The standard InChI is InChI=1S/C27H28O2/c1-29-26(28)25-23(21-13-11-20(12-14-21)19-7-5-6-8-19)15-16-24(27(25)17-18-27)22-9-3-2-4-10-22/h2-5,7,9-14,16,19,23,25H,6,8,15,17-18H2,1H3. The highest BCUT2D eigenvalue weighted by molar-refractivity contribution is 5.84. The Bertz CT molecular complexity index is 948. The molecule has 0 N–H and O–H groups in total. The number of benzene rings is 2. The zero-order valence-corrected chi connectivity index (χ0v) is 17.0. The number of carbonyl (C=O) groups is 1. The number of methoxy groups -OCH3 is 1. The number of hydrogen-bond acceptors (Lipinski definition) is 2. The van der Waals surface area contributed by atoms with Gasteiger partial charge in [0.2, 0.25) is 0 Å². The molecule has 0 bridgehead atoms. The largest absolute Gasteiger partial charge is 0.469 e. The summed E-state index contributed by atoms with van der Waals surface area (Å²) < 4.78 is 5.33. The van der Waals surface area contributed by atoms with Crippen molar-refractivity contribution in [3.05, 3.63) is 89.5 Å². The molecular formula is C27H28O2. The summed E-state index contributed by atoms with van der Waals surface area (Å²) in [5, 5.41) is 0. The number of allylic oxidation sites excluding steroid dienone is 4. The molecule has 0 aromatic heterocycles. The minimum Gasteiger partial charge on any atom is -0.469 e. The minimum atomic E-state index is -0.107. The smallest absolute Gasteiger partial charge is 0.310 e. The van der Waals surface area contributed by atoms with E-state index in [1.54, 1.807) is 0 Å². The van der Waals surface area contributed by atoms with Crippen molar-refractivity contribution < 1.29 is 9.53 Å². The summed E-state index contributed by atoms with van der Waals surface area (Å²) in [6.45, 7) is 0. The normalized spacial score (nSPS) is 26.9. The van der Waals surface area contributed by atoms with Crippen LogP contribution in [0.1, 0.15) is 60.6 Å². The number of hydrogen-bond donors (Lipinski definition) is 0. The second-order valence-corrected chi connectivity index (χ2v) is 8.76. The maximum absolute atomic E-state index is 13.0. The van der Waals surface area contributed by atoms with Crippen LogP contribution in [0.15, 0.2) is 72.8 Å². The fourth-order valence-corrected chi connectivity index (χ4v) is 5.62. The van der Waals surface area contributed by atoms with Gasteiger partial charge in [-0.25, -0.2) is 0 Å². The van der Waals surface area contributed by atoms with E-state index in [0.29, 0.717) is 5.92 Å². The van der Waals surface area contributed by atoms with E-state index >= 15 is 0 Å². The quantitative estimate of drug-likeness (QED) is 0.459. The van der Waals surface area contributed by atoms with Crippen LogP contribution >= 0.6 is 0 Å². The molecule has 29 heavy (non-hydrogen) atoms. The first-order chi connectivity index (χ1) is 14.2. The molecule has 3 unspecified atom stereocenters. The van der Waals surface area contributed by atoms with Crippen LogP contribution in [0, 0.1) is 11.3 Å². The Labute approximate surface area is 173 Å². The molecule has 0 aliphatic heterocycles. The Morgan fingerprint density at radius 1 is 1.00 bits per heavy atom. The van der Waals surface area contributed by atoms with Gasteiger partial charge in [0.15, 0.2) is 0 Å². The number of esters is 1. The molecule has 5 rings (SSSR count). The van der Waals surface area contributed by atoms with Crippen LogP contribution in [0.3, 0.4) is 0 Å². The lowest BCUT2D eigenvalue weighted by atomic mass is 9.65. The number of ether oxygens (including phenoxy) is 1. The van der Waals surface area contributed by atoms with Crippen LogP contribution in [0.4, 0.5) is 0 Å². The van der Waals surface area contributed by atoms with Gasteiger partial charge in [0, 0.05) is 17.3 Å². The van der Waals surface area contributed by atoms with Gasteiger partial charge >= 0.3 is 5.97 Å². The first kappa shape index (κ1) is 18.4. The van der Waals surface area contributed by atoms with Crippen LogP contribution in [0.2, 0.25) is 0 Å². The molecule has 2 aromatic carbocycles. The molecule has 3 atom stereocenters. The summed E-state index contributed by atoms with van der Waals surface area (Å²) in [4.78, 5) is 13.0. The van der Waals surface area contributed by atoms with Crippen molar-refractivity contribution in [2.45, 2.75) is 43.9 Å². The zero-order valence-electron chi connectivity index (χ0n) is 17.0. The lowest BCUT2D eigenvalue weighted by Gasteiger charge is -2.38. The SMILES string of the molecule is COC(=O)C1C(c2ccc(C3C=CCC3)cc2)CC=C(c2ccccc2)C12CC2. The Morgan fingerprint density at radius 2 is 1.72 bits per heavy atom. The molecule has 148 valence electrons. The van der Waals surface area contributed by atoms with Crippen molar-refractivity contribution >= 4 is 11.5 Å². The van der Waals surface area contributed by atoms with E-state index < -0.39 is 0 Å². The van der Waals surface area contributed by atoms with Gasteiger partial charge in [0.05, 0.1) is 13.0 Å². The molecule has 2 nitrogen and oxygen atoms in total. The lowest BCUT2D eigenvalue weighted by molar-refractivity contribution is -0.148. The van der Waals surface area contributed by atoms with Crippen molar-refractivity contribution in [1.82, 2.24) is 0 Å². The van der Waals surface area contributed by atoms with Gasteiger partial charge < -0.3 is 4.74 Å². The van der Waals surface area contributed by atoms with Crippen molar-refractivity contribution in [2.75, 3.05) is 7.11 Å². The summed E-state index contributed by atoms with van der Waals surface area (Å²) in [5.41, 5.74) is 5.18. The Morgan fingerprint density at radius 3 is 2.34 bits per heavy atom. The fraction of sp³-hybridized carbons (Fsp3) is 0.370. The van der Waals surface area contributed by atoms with E-state index in [0.717, 1.165) is 19.3 Å². The topological polar surface area (TPSA) is 26.3 Å². The maximum Gasteiger partial charge on any atom is 0.310 e. The second kappa shape index (κ2) is 7.33. The predicted molar refractivity (Wildman–Crippen MR) is 117 cm³/mol. The Kier molecular flexibility index (Phi) is 4.66. The van der Waals surface area contributed by atoms with E-state index in [4.69, 9.17) is 4.74 Å². The highest BCUT2D eigenvalue weighted by Crippen LogP contribution is 2.66. The summed E-state index contributed by atoms with van der Waals surface area (Å²) in [6, 6.07) is 19.6. The lowest BCUT2D eigenvalue weighted by Crippen LogP contribution is -2.35. The molecule has 2 aromatic rings. The summed E-state index contributed by atoms with van der Waals surface area (Å²) in [5.74, 6) is 0.568. The van der Waals surface area contributed by atoms with E-state index in [-0.39, 0.29) is 23.2 Å².